The summed E-state index contributed by atoms with van der Waals surface area (Å²) < 4.78 is 6.45. The van der Waals surface area contributed by atoms with Crippen molar-refractivity contribution >= 4 is 23.3 Å². The molecule has 2 aromatic heterocycles. The Hall–Kier alpha value is -3.68. The number of hydrogen-bond donors (Lipinski definition) is 2. The molecule has 0 bridgehead atoms. The van der Waals surface area contributed by atoms with E-state index in [1.54, 1.807) is 42.2 Å². The van der Waals surface area contributed by atoms with Gasteiger partial charge in [-0.05, 0) is 30.7 Å². The van der Waals surface area contributed by atoms with Crippen LogP contribution in [0, 0.1) is 6.92 Å². The molecule has 1 amide bonds. The van der Waals surface area contributed by atoms with Crippen molar-refractivity contribution in [3.05, 3.63) is 65.2 Å². The highest BCUT2D eigenvalue weighted by Gasteiger charge is 2.24. The number of carbonyl (C=O) groups excluding carboxylic acids is 3. The Bertz CT molecular complexity index is 1030. The molecule has 28 heavy (non-hydrogen) atoms. The number of amides is 1. The number of carbonyl (C=O) groups is 3. The first-order chi connectivity index (χ1) is 13.4. The topological polar surface area (TPSA) is 106 Å². The van der Waals surface area contributed by atoms with Crippen LogP contribution in [-0.2, 0) is 16.0 Å². The third-order valence-corrected chi connectivity index (χ3v) is 4.34. The Morgan fingerprint density at radius 1 is 1.21 bits per heavy atom. The second-order valence-corrected chi connectivity index (χ2v) is 6.22. The molecule has 0 saturated heterocycles. The van der Waals surface area contributed by atoms with Gasteiger partial charge in [0.1, 0.15) is 0 Å². The van der Waals surface area contributed by atoms with Crippen molar-refractivity contribution in [2.75, 3.05) is 12.4 Å². The number of rotatable bonds is 6. The Kier molecular flexibility index (Phi) is 5.39. The molecule has 0 aliphatic rings. The zero-order valence-corrected chi connectivity index (χ0v) is 15.8. The Morgan fingerprint density at radius 3 is 2.61 bits per heavy atom. The van der Waals surface area contributed by atoms with Crippen LogP contribution >= 0.6 is 0 Å². The second kappa shape index (κ2) is 7.91. The maximum Gasteiger partial charge on any atom is 0.339 e. The largest absolute Gasteiger partial charge is 0.465 e. The summed E-state index contributed by atoms with van der Waals surface area (Å²) in [6, 6.07) is 9.02. The molecule has 1 aromatic carbocycles. The van der Waals surface area contributed by atoms with Crippen LogP contribution in [0.3, 0.4) is 0 Å². The molecule has 3 aromatic rings. The normalized spacial score (nSPS) is 10.5. The van der Waals surface area contributed by atoms with E-state index in [-0.39, 0.29) is 23.7 Å². The zero-order chi connectivity index (χ0) is 20.3. The van der Waals surface area contributed by atoms with E-state index in [0.29, 0.717) is 28.3 Å². The third-order valence-electron chi connectivity index (χ3n) is 4.34. The maximum atomic E-state index is 12.7. The quantitative estimate of drug-likeness (QED) is 0.505. The van der Waals surface area contributed by atoms with Crippen LogP contribution in [0.5, 0.6) is 0 Å². The summed E-state index contributed by atoms with van der Waals surface area (Å²) in [5.41, 5.74) is 2.60. The fraction of sp³-hybridized carbons (Fsp3) is 0.200. The number of para-hydroxylation sites is 2. The number of Topliss-reactive ketones (excluding diaryl/α,β-unsaturated/α-hetero) is 1. The first kappa shape index (κ1) is 19.1. The van der Waals surface area contributed by atoms with Gasteiger partial charge in [-0.2, -0.15) is 5.10 Å². The van der Waals surface area contributed by atoms with Crippen LogP contribution in [0.2, 0.25) is 0 Å². The lowest BCUT2D eigenvalue weighted by Gasteiger charge is -2.11. The summed E-state index contributed by atoms with van der Waals surface area (Å²) in [6.07, 6.45) is 3.30. The van der Waals surface area contributed by atoms with Crippen molar-refractivity contribution in [1.29, 1.82) is 0 Å². The minimum atomic E-state index is -0.596. The van der Waals surface area contributed by atoms with E-state index in [2.05, 4.69) is 15.4 Å². The number of anilines is 1. The first-order valence-corrected chi connectivity index (χ1v) is 8.62. The molecule has 8 nitrogen and oxygen atoms in total. The lowest BCUT2D eigenvalue weighted by Crippen LogP contribution is -2.18. The molecule has 2 heterocycles. The smallest absolute Gasteiger partial charge is 0.339 e. The highest BCUT2D eigenvalue weighted by Crippen LogP contribution is 2.22. The Labute approximate surface area is 161 Å². The number of H-pyrrole nitrogens is 1. The van der Waals surface area contributed by atoms with Gasteiger partial charge in [-0.1, -0.05) is 12.1 Å². The number of ketones is 1. The number of nitrogens with one attached hydrogen (secondary N) is 2. The number of methoxy groups -OCH3 is 1. The predicted octanol–water partition coefficient (Wildman–Crippen LogP) is 2.68. The van der Waals surface area contributed by atoms with Crippen LogP contribution < -0.4 is 5.32 Å². The lowest BCUT2D eigenvalue weighted by molar-refractivity contribution is -0.115. The fourth-order valence-electron chi connectivity index (χ4n) is 3.07. The molecule has 0 aliphatic carbocycles. The van der Waals surface area contributed by atoms with Crippen molar-refractivity contribution in [2.24, 2.45) is 0 Å². The lowest BCUT2D eigenvalue weighted by atomic mass is 10.1. The summed E-state index contributed by atoms with van der Waals surface area (Å²) >= 11 is 0. The van der Waals surface area contributed by atoms with E-state index in [4.69, 9.17) is 4.74 Å². The maximum absolute atomic E-state index is 12.7. The van der Waals surface area contributed by atoms with Gasteiger partial charge in [-0.15, -0.1) is 0 Å². The van der Waals surface area contributed by atoms with Gasteiger partial charge in [0.2, 0.25) is 5.91 Å². The summed E-state index contributed by atoms with van der Waals surface area (Å²) in [5.74, 6) is -1.17. The number of ether oxygens (including phenoxy) is 1. The van der Waals surface area contributed by atoms with Crippen molar-refractivity contribution in [3.63, 3.8) is 0 Å². The Balaban J connectivity index is 1.88. The minimum absolute atomic E-state index is 0.119. The number of aromatic amines is 1. The van der Waals surface area contributed by atoms with Gasteiger partial charge in [0, 0.05) is 25.0 Å². The molecule has 0 saturated carbocycles. The van der Waals surface area contributed by atoms with Gasteiger partial charge in [0.25, 0.3) is 0 Å². The van der Waals surface area contributed by atoms with Gasteiger partial charge in [-0.3, -0.25) is 9.59 Å². The van der Waals surface area contributed by atoms with E-state index in [1.165, 1.54) is 14.0 Å². The van der Waals surface area contributed by atoms with Gasteiger partial charge in [0.05, 0.1) is 36.2 Å². The van der Waals surface area contributed by atoms with Crippen molar-refractivity contribution in [1.82, 2.24) is 14.8 Å². The van der Waals surface area contributed by atoms with Crippen LogP contribution in [0.1, 0.15) is 39.0 Å². The van der Waals surface area contributed by atoms with Crippen LogP contribution in [0.15, 0.2) is 42.7 Å². The van der Waals surface area contributed by atoms with E-state index >= 15 is 0 Å². The molecule has 0 aliphatic heterocycles. The molecular formula is C20H20N4O4. The summed E-state index contributed by atoms with van der Waals surface area (Å²) in [5, 5.41) is 7.01. The van der Waals surface area contributed by atoms with Gasteiger partial charge in [-0.25, -0.2) is 9.48 Å². The summed E-state index contributed by atoms with van der Waals surface area (Å²) in [6.45, 7) is 3.04. The van der Waals surface area contributed by atoms with Crippen LogP contribution in [0.25, 0.3) is 5.69 Å². The standard InChI is InChI=1S/C20H20N4O4/c1-12-18(20(27)28-3)15(23-19(12)13(2)25)11-17(26)22-14-7-4-5-8-16(14)24-10-6-9-21-24/h4-10,23H,11H2,1-3H3,(H,22,26). The number of esters is 1. The van der Waals surface area contributed by atoms with E-state index in [9.17, 15) is 14.4 Å². The van der Waals surface area contributed by atoms with Gasteiger partial charge < -0.3 is 15.0 Å². The molecular weight excluding hydrogens is 360 g/mol. The molecule has 8 heteroatoms. The highest BCUT2D eigenvalue weighted by atomic mass is 16.5. The first-order valence-electron chi connectivity index (χ1n) is 8.62. The summed E-state index contributed by atoms with van der Waals surface area (Å²) in [4.78, 5) is 39.5. The van der Waals surface area contributed by atoms with Crippen LogP contribution in [-0.4, -0.2) is 39.5 Å². The number of benzene rings is 1. The zero-order valence-electron chi connectivity index (χ0n) is 15.8. The molecule has 0 atom stereocenters. The van der Waals surface area contributed by atoms with Gasteiger partial charge in [0.15, 0.2) is 5.78 Å². The van der Waals surface area contributed by atoms with Crippen molar-refractivity contribution in [3.8, 4) is 5.69 Å². The molecule has 2 N–H and O–H groups in total. The molecule has 144 valence electrons. The molecule has 0 fully saturated rings. The molecule has 3 rings (SSSR count). The third kappa shape index (κ3) is 3.71. The van der Waals surface area contributed by atoms with Crippen molar-refractivity contribution < 1.29 is 19.1 Å². The average molecular weight is 380 g/mol. The SMILES string of the molecule is COC(=O)c1c(CC(=O)Nc2ccccc2-n2cccn2)[nH]c(C(C)=O)c1C. The average Bonchev–Trinajstić information content (AvgIpc) is 3.30. The molecule has 0 radical (unpaired) electrons. The Morgan fingerprint density at radius 2 is 1.96 bits per heavy atom. The van der Waals surface area contributed by atoms with Gasteiger partial charge >= 0.3 is 5.97 Å². The number of nitrogens with zero attached hydrogens (tertiary/aromatic N) is 2. The van der Waals surface area contributed by atoms with E-state index < -0.39 is 5.97 Å². The second-order valence-electron chi connectivity index (χ2n) is 6.22. The number of hydrogen-bond acceptors (Lipinski definition) is 5. The van der Waals surface area contributed by atoms with E-state index in [1.807, 2.05) is 12.1 Å². The minimum Gasteiger partial charge on any atom is -0.465 e. The highest BCUT2D eigenvalue weighted by molar-refractivity contribution is 6.02. The molecule has 0 spiro atoms. The van der Waals surface area contributed by atoms with Crippen LogP contribution in [0.4, 0.5) is 5.69 Å². The number of aromatic nitrogens is 3. The molecule has 0 unspecified atom stereocenters. The summed E-state index contributed by atoms with van der Waals surface area (Å²) in [7, 11) is 1.26. The van der Waals surface area contributed by atoms with Crippen molar-refractivity contribution in [2.45, 2.75) is 20.3 Å². The fourth-order valence-corrected chi connectivity index (χ4v) is 3.07. The van der Waals surface area contributed by atoms with E-state index in [0.717, 1.165) is 0 Å². The monoisotopic (exact) mass is 380 g/mol. The predicted molar refractivity (Wildman–Crippen MR) is 103 cm³/mol.